The highest BCUT2D eigenvalue weighted by Crippen LogP contribution is 2.42. The molecule has 0 radical (unpaired) electrons. The Balaban J connectivity index is 0.00000341. The molecule has 0 unspecified atom stereocenters. The van der Waals surface area contributed by atoms with Gasteiger partial charge < -0.3 is 24.6 Å². The van der Waals surface area contributed by atoms with E-state index in [1.807, 2.05) is 13.0 Å². The molecular weight excluding hydrogens is 509 g/mol. The zero-order chi connectivity index (χ0) is 21.4. The van der Waals surface area contributed by atoms with Gasteiger partial charge in [-0.15, -0.1) is 24.0 Å². The second kappa shape index (κ2) is 12.1. The van der Waals surface area contributed by atoms with Gasteiger partial charge in [-0.25, -0.2) is 0 Å². The second-order valence-corrected chi connectivity index (χ2v) is 7.75. The second-order valence-electron chi connectivity index (χ2n) is 7.75. The molecule has 2 aromatic rings. The molecule has 0 bridgehead atoms. The van der Waals surface area contributed by atoms with Gasteiger partial charge in [0.2, 0.25) is 5.89 Å². The lowest BCUT2D eigenvalue weighted by atomic mass is 9.69. The number of ether oxygens (including phenoxy) is 2. The minimum Gasteiger partial charge on any atom is -0.493 e. The van der Waals surface area contributed by atoms with E-state index in [2.05, 4.69) is 37.9 Å². The Morgan fingerprint density at radius 3 is 2.48 bits per heavy atom. The third-order valence-electron chi connectivity index (χ3n) is 5.83. The Kier molecular flexibility index (Phi) is 9.86. The molecule has 1 aromatic carbocycles. The first kappa shape index (κ1) is 25.2. The van der Waals surface area contributed by atoms with Crippen LogP contribution < -0.4 is 20.1 Å². The van der Waals surface area contributed by atoms with E-state index < -0.39 is 0 Å². The number of nitrogens with one attached hydrogen (secondary N) is 2. The molecule has 172 valence electrons. The van der Waals surface area contributed by atoms with E-state index in [0.717, 1.165) is 36.8 Å². The predicted molar refractivity (Wildman–Crippen MR) is 132 cm³/mol. The SMILES string of the molecule is CN=C(NCCc1nc(C)no1)NCC1(c2ccc(OC)c(OC)c2)CCCCC1.I. The molecule has 0 aliphatic heterocycles. The number of methoxy groups -OCH3 is 2. The fraction of sp³-hybridized carbons (Fsp3) is 0.591. The predicted octanol–water partition coefficient (Wildman–Crippen LogP) is 3.62. The van der Waals surface area contributed by atoms with Crippen LogP contribution in [0.25, 0.3) is 0 Å². The Morgan fingerprint density at radius 1 is 1.13 bits per heavy atom. The van der Waals surface area contributed by atoms with Crippen LogP contribution in [0.5, 0.6) is 11.5 Å². The van der Waals surface area contributed by atoms with Gasteiger partial charge in [-0.2, -0.15) is 4.98 Å². The van der Waals surface area contributed by atoms with Gasteiger partial charge in [0.15, 0.2) is 23.3 Å². The maximum Gasteiger partial charge on any atom is 0.228 e. The van der Waals surface area contributed by atoms with Crippen LogP contribution in [0, 0.1) is 6.92 Å². The molecule has 3 rings (SSSR count). The molecule has 8 nitrogen and oxygen atoms in total. The normalized spacial score (nSPS) is 15.7. The van der Waals surface area contributed by atoms with Crippen molar-refractivity contribution in [3.05, 3.63) is 35.5 Å². The highest BCUT2D eigenvalue weighted by molar-refractivity contribution is 14.0. The number of aliphatic imine (C=N–C) groups is 1. The quantitative estimate of drug-likeness (QED) is 0.299. The third kappa shape index (κ3) is 6.47. The van der Waals surface area contributed by atoms with Crippen molar-refractivity contribution in [1.29, 1.82) is 0 Å². The van der Waals surface area contributed by atoms with Crippen molar-refractivity contribution in [3.8, 4) is 11.5 Å². The standard InChI is InChI=1S/C22H33N5O3.HI/c1-16-26-20(30-27-16)10-13-24-21(23-2)25-15-22(11-6-5-7-12-22)17-8-9-18(28-3)19(14-17)29-4;/h8-9,14H,5-7,10-13,15H2,1-4H3,(H2,23,24,25);1H. The number of halogens is 1. The van der Waals surface area contributed by atoms with Gasteiger partial charge in [0.1, 0.15) is 0 Å². The van der Waals surface area contributed by atoms with E-state index in [0.29, 0.717) is 24.7 Å². The van der Waals surface area contributed by atoms with Crippen LogP contribution in [0.4, 0.5) is 0 Å². The Hall–Kier alpha value is -2.04. The lowest BCUT2D eigenvalue weighted by Gasteiger charge is -2.38. The van der Waals surface area contributed by atoms with Gasteiger partial charge in [-0.05, 0) is 37.5 Å². The first-order chi connectivity index (χ1) is 14.6. The summed E-state index contributed by atoms with van der Waals surface area (Å²) in [5, 5.41) is 10.7. The summed E-state index contributed by atoms with van der Waals surface area (Å²) in [4.78, 5) is 8.61. The highest BCUT2D eigenvalue weighted by Gasteiger charge is 2.34. The minimum absolute atomic E-state index is 0. The summed E-state index contributed by atoms with van der Waals surface area (Å²) in [5.41, 5.74) is 1.32. The first-order valence-corrected chi connectivity index (χ1v) is 10.6. The summed E-state index contributed by atoms with van der Waals surface area (Å²) in [7, 11) is 5.14. The van der Waals surface area contributed by atoms with E-state index in [4.69, 9.17) is 14.0 Å². The Labute approximate surface area is 201 Å². The molecule has 1 fully saturated rings. The third-order valence-corrected chi connectivity index (χ3v) is 5.83. The van der Waals surface area contributed by atoms with Gasteiger partial charge in [0, 0.05) is 32.0 Å². The van der Waals surface area contributed by atoms with Crippen molar-refractivity contribution in [2.45, 2.75) is 50.9 Å². The molecule has 1 aliphatic carbocycles. The zero-order valence-electron chi connectivity index (χ0n) is 18.9. The molecule has 0 amide bonds. The van der Waals surface area contributed by atoms with Crippen molar-refractivity contribution in [2.75, 3.05) is 34.4 Å². The number of nitrogens with zero attached hydrogens (tertiary/aromatic N) is 3. The summed E-state index contributed by atoms with van der Waals surface area (Å²) in [6.07, 6.45) is 6.65. The van der Waals surface area contributed by atoms with Crippen LogP contribution in [-0.2, 0) is 11.8 Å². The summed E-state index contributed by atoms with van der Waals surface area (Å²) in [6, 6.07) is 6.30. The van der Waals surface area contributed by atoms with Crippen molar-refractivity contribution in [2.24, 2.45) is 4.99 Å². The highest BCUT2D eigenvalue weighted by atomic mass is 127. The van der Waals surface area contributed by atoms with Crippen LogP contribution in [0.2, 0.25) is 0 Å². The molecule has 0 spiro atoms. The van der Waals surface area contributed by atoms with Crippen LogP contribution in [0.3, 0.4) is 0 Å². The molecule has 1 saturated carbocycles. The van der Waals surface area contributed by atoms with E-state index in [1.165, 1.54) is 24.8 Å². The molecular formula is C22H34IN5O3. The largest absolute Gasteiger partial charge is 0.493 e. The summed E-state index contributed by atoms with van der Waals surface area (Å²) < 4.78 is 16.1. The minimum atomic E-state index is 0. The average molecular weight is 543 g/mol. The number of benzene rings is 1. The van der Waals surface area contributed by atoms with Crippen molar-refractivity contribution in [1.82, 2.24) is 20.8 Å². The molecule has 0 atom stereocenters. The number of guanidine groups is 1. The fourth-order valence-corrected chi connectivity index (χ4v) is 4.17. The van der Waals surface area contributed by atoms with Crippen LogP contribution in [0.15, 0.2) is 27.7 Å². The van der Waals surface area contributed by atoms with E-state index >= 15 is 0 Å². The lowest BCUT2D eigenvalue weighted by Crippen LogP contribution is -2.47. The summed E-state index contributed by atoms with van der Waals surface area (Å²) in [6.45, 7) is 3.30. The number of rotatable bonds is 8. The van der Waals surface area contributed by atoms with Gasteiger partial charge >= 0.3 is 0 Å². The molecule has 31 heavy (non-hydrogen) atoms. The number of hydrogen-bond acceptors (Lipinski definition) is 6. The zero-order valence-corrected chi connectivity index (χ0v) is 21.2. The number of aryl methyl sites for hydroxylation is 1. The van der Waals surface area contributed by atoms with E-state index in [-0.39, 0.29) is 29.4 Å². The molecule has 1 heterocycles. The summed E-state index contributed by atoms with van der Waals surface area (Å²) >= 11 is 0. The van der Waals surface area contributed by atoms with Crippen LogP contribution in [0.1, 0.15) is 49.4 Å². The smallest absolute Gasteiger partial charge is 0.228 e. The van der Waals surface area contributed by atoms with Gasteiger partial charge in [0.25, 0.3) is 0 Å². The van der Waals surface area contributed by atoms with Crippen LogP contribution >= 0.6 is 24.0 Å². The molecule has 1 aliphatic rings. The molecule has 0 saturated heterocycles. The van der Waals surface area contributed by atoms with Crippen molar-refractivity contribution < 1.29 is 14.0 Å². The average Bonchev–Trinajstić information content (AvgIpc) is 3.21. The summed E-state index contributed by atoms with van der Waals surface area (Å²) in [5.74, 6) is 3.59. The molecule has 2 N–H and O–H groups in total. The van der Waals surface area contributed by atoms with Crippen molar-refractivity contribution in [3.63, 3.8) is 0 Å². The fourth-order valence-electron chi connectivity index (χ4n) is 4.17. The first-order valence-electron chi connectivity index (χ1n) is 10.6. The lowest BCUT2D eigenvalue weighted by molar-refractivity contribution is 0.288. The van der Waals surface area contributed by atoms with Gasteiger partial charge in [-0.1, -0.05) is 30.5 Å². The van der Waals surface area contributed by atoms with Crippen LogP contribution in [-0.4, -0.2) is 50.5 Å². The van der Waals surface area contributed by atoms with Crippen molar-refractivity contribution >= 4 is 29.9 Å². The maximum atomic E-state index is 5.55. The van der Waals surface area contributed by atoms with E-state index in [9.17, 15) is 0 Å². The molecule has 1 aromatic heterocycles. The number of aromatic nitrogens is 2. The monoisotopic (exact) mass is 543 g/mol. The number of hydrogen-bond donors (Lipinski definition) is 2. The topological polar surface area (TPSA) is 93.8 Å². The van der Waals surface area contributed by atoms with E-state index in [1.54, 1.807) is 21.3 Å². The Bertz CT molecular complexity index is 849. The van der Waals surface area contributed by atoms with Gasteiger partial charge in [-0.3, -0.25) is 4.99 Å². The van der Waals surface area contributed by atoms with Gasteiger partial charge in [0.05, 0.1) is 14.2 Å². The Morgan fingerprint density at radius 2 is 1.87 bits per heavy atom. The maximum absolute atomic E-state index is 5.55. The molecule has 9 heteroatoms.